The second kappa shape index (κ2) is 9.52. The predicted molar refractivity (Wildman–Crippen MR) is 160 cm³/mol. The highest BCUT2D eigenvalue weighted by Crippen LogP contribution is 2.34. The van der Waals surface area contributed by atoms with Crippen molar-refractivity contribution in [2.24, 2.45) is 7.05 Å². The van der Waals surface area contributed by atoms with Crippen LogP contribution in [0.15, 0.2) is 108 Å². The summed E-state index contributed by atoms with van der Waals surface area (Å²) >= 11 is 0. The Bertz CT molecular complexity index is 1870. The van der Waals surface area contributed by atoms with Crippen molar-refractivity contribution in [3.8, 4) is 44.9 Å². The van der Waals surface area contributed by atoms with Gasteiger partial charge in [0.25, 0.3) is 5.56 Å². The van der Waals surface area contributed by atoms with Crippen LogP contribution in [0.4, 0.5) is 0 Å². The molecule has 1 N–H and O–H groups in total. The Kier molecular flexibility index (Phi) is 5.99. The smallest absolute Gasteiger partial charge is 0.258 e. The van der Waals surface area contributed by atoms with Crippen LogP contribution in [0.3, 0.4) is 0 Å². The average molecular weight is 511 g/mol. The lowest BCUT2D eigenvalue weighted by molar-refractivity contribution is 0.587. The first-order valence-corrected chi connectivity index (χ1v) is 13.1. The summed E-state index contributed by atoms with van der Waals surface area (Å²) in [6, 6.07) is 31.0. The minimum Gasteiger partial charge on any atom is -0.328 e. The summed E-state index contributed by atoms with van der Waals surface area (Å²) in [5.41, 5.74) is 9.52. The minimum absolute atomic E-state index is 0.0962. The highest BCUT2D eigenvalue weighted by molar-refractivity contribution is 5.95. The zero-order chi connectivity index (χ0) is 27.1. The molecule has 3 aromatic heterocycles. The van der Waals surface area contributed by atoms with E-state index in [-0.39, 0.29) is 11.0 Å². The topological polar surface area (TPSA) is 63.6 Å². The van der Waals surface area contributed by atoms with Gasteiger partial charge in [0.2, 0.25) is 0 Å². The summed E-state index contributed by atoms with van der Waals surface area (Å²) < 4.78 is 2.00. The second-order valence-corrected chi connectivity index (χ2v) is 10.9. The highest BCUT2D eigenvalue weighted by Gasteiger charge is 2.20. The zero-order valence-corrected chi connectivity index (χ0v) is 22.6. The number of aromatic amines is 1. The number of pyridine rings is 2. The van der Waals surface area contributed by atoms with Gasteiger partial charge in [-0.05, 0) is 58.0 Å². The Morgan fingerprint density at radius 2 is 1.49 bits per heavy atom. The zero-order valence-electron chi connectivity index (χ0n) is 22.6. The Morgan fingerprint density at radius 1 is 0.744 bits per heavy atom. The molecule has 39 heavy (non-hydrogen) atoms. The molecule has 6 aromatic rings. The summed E-state index contributed by atoms with van der Waals surface area (Å²) in [7, 11) is 1.97. The molecule has 0 saturated heterocycles. The number of nitrogens with zero attached hydrogens (tertiary/aromatic N) is 3. The van der Waals surface area contributed by atoms with Crippen LogP contribution in [0.25, 0.3) is 55.9 Å². The normalized spacial score (nSPS) is 11.7. The Hall–Kier alpha value is -4.77. The maximum atomic E-state index is 12.9. The van der Waals surface area contributed by atoms with Crippen LogP contribution in [-0.2, 0) is 12.5 Å². The van der Waals surface area contributed by atoms with Crippen molar-refractivity contribution in [3.05, 3.63) is 119 Å². The van der Waals surface area contributed by atoms with E-state index in [0.717, 1.165) is 50.1 Å². The predicted octanol–water partition coefficient (Wildman–Crippen LogP) is 7.62. The molecular formula is C34H30N4O. The van der Waals surface area contributed by atoms with Crippen LogP contribution in [0, 0.1) is 0 Å². The minimum atomic E-state index is -0.144. The summed E-state index contributed by atoms with van der Waals surface area (Å²) in [5, 5.41) is 0. The molecule has 0 amide bonds. The fraction of sp³-hybridized carbons (Fsp3) is 0.147. The number of fused-ring (bicyclic) bond motifs is 1. The van der Waals surface area contributed by atoms with Crippen molar-refractivity contribution in [3.63, 3.8) is 0 Å². The van der Waals surface area contributed by atoms with Crippen LogP contribution in [0.1, 0.15) is 26.3 Å². The van der Waals surface area contributed by atoms with Crippen molar-refractivity contribution in [1.29, 1.82) is 0 Å². The molecule has 0 aliphatic heterocycles. The van der Waals surface area contributed by atoms with Crippen molar-refractivity contribution >= 4 is 11.0 Å². The molecule has 0 saturated carbocycles. The van der Waals surface area contributed by atoms with Gasteiger partial charge >= 0.3 is 0 Å². The number of aryl methyl sites for hydroxylation is 1. The fourth-order valence-corrected chi connectivity index (χ4v) is 5.02. The third-order valence-electron chi connectivity index (χ3n) is 7.26. The van der Waals surface area contributed by atoms with Crippen molar-refractivity contribution in [1.82, 2.24) is 19.5 Å². The van der Waals surface area contributed by atoms with E-state index in [1.54, 1.807) is 6.20 Å². The van der Waals surface area contributed by atoms with Crippen LogP contribution < -0.4 is 5.56 Å². The number of para-hydroxylation sites is 1. The molecule has 0 aliphatic carbocycles. The first-order valence-electron chi connectivity index (χ1n) is 13.1. The van der Waals surface area contributed by atoms with E-state index in [4.69, 9.17) is 4.98 Å². The summed E-state index contributed by atoms with van der Waals surface area (Å²) in [4.78, 5) is 25.5. The molecule has 6 rings (SSSR count). The molecule has 0 aliphatic rings. The quantitative estimate of drug-likeness (QED) is 0.265. The van der Waals surface area contributed by atoms with Crippen molar-refractivity contribution in [2.75, 3.05) is 0 Å². The van der Waals surface area contributed by atoms with Gasteiger partial charge in [0.15, 0.2) is 0 Å². The van der Waals surface area contributed by atoms with E-state index in [9.17, 15) is 4.79 Å². The lowest BCUT2D eigenvalue weighted by Crippen LogP contribution is -2.17. The molecule has 5 nitrogen and oxygen atoms in total. The first kappa shape index (κ1) is 24.6. The number of benzene rings is 3. The number of aromatic nitrogens is 4. The molecule has 3 heterocycles. The Morgan fingerprint density at radius 3 is 2.28 bits per heavy atom. The fourth-order valence-electron chi connectivity index (χ4n) is 5.02. The van der Waals surface area contributed by atoms with Gasteiger partial charge in [-0.3, -0.25) is 9.78 Å². The van der Waals surface area contributed by atoms with E-state index in [1.807, 2.05) is 60.3 Å². The van der Waals surface area contributed by atoms with Crippen LogP contribution in [-0.4, -0.2) is 19.5 Å². The van der Waals surface area contributed by atoms with Gasteiger partial charge in [0, 0.05) is 30.6 Å². The molecule has 0 bridgehead atoms. The molecule has 0 spiro atoms. The lowest BCUT2D eigenvalue weighted by atomic mass is 9.87. The van der Waals surface area contributed by atoms with E-state index < -0.39 is 0 Å². The van der Waals surface area contributed by atoms with Gasteiger partial charge in [-0.15, -0.1) is 0 Å². The largest absolute Gasteiger partial charge is 0.328 e. The standard InChI is InChI=1S/C34H30N4O/c1-34(2,3)26-20-28(33(39)36-21-26)32-37-31-27(14-9-15-30(31)38(32)4)24-12-8-13-25(18-24)29-19-23(16-17-35-29)22-10-6-5-7-11-22/h5-21H,1-4H3,(H,36,39). The molecule has 3 aromatic carbocycles. The maximum Gasteiger partial charge on any atom is 0.258 e. The lowest BCUT2D eigenvalue weighted by Gasteiger charge is -2.19. The number of H-pyrrole nitrogens is 1. The van der Waals surface area contributed by atoms with Gasteiger partial charge in [0.1, 0.15) is 5.82 Å². The molecule has 0 unspecified atom stereocenters. The van der Waals surface area contributed by atoms with E-state index in [2.05, 4.69) is 79.3 Å². The SMILES string of the molecule is Cn1c(-c2cc(C(C)(C)C)c[nH]c2=O)nc2c(-c3cccc(-c4cc(-c5ccccc5)ccn4)c3)cccc21. The number of imidazole rings is 1. The average Bonchev–Trinajstić information content (AvgIpc) is 3.29. The van der Waals surface area contributed by atoms with E-state index >= 15 is 0 Å². The Labute approximate surface area is 227 Å². The molecule has 0 radical (unpaired) electrons. The number of rotatable bonds is 4. The molecule has 5 heteroatoms. The summed E-state index contributed by atoms with van der Waals surface area (Å²) in [5.74, 6) is 0.651. The monoisotopic (exact) mass is 510 g/mol. The van der Waals surface area contributed by atoms with E-state index in [0.29, 0.717) is 11.4 Å². The van der Waals surface area contributed by atoms with E-state index in [1.165, 1.54) is 0 Å². The van der Waals surface area contributed by atoms with Gasteiger partial charge in [-0.2, -0.15) is 0 Å². The van der Waals surface area contributed by atoms with Gasteiger partial charge in [-0.1, -0.05) is 81.4 Å². The third kappa shape index (κ3) is 4.57. The number of hydrogen-bond acceptors (Lipinski definition) is 3. The number of hydrogen-bond donors (Lipinski definition) is 1. The molecule has 0 fully saturated rings. The first-order chi connectivity index (χ1) is 18.8. The maximum absolute atomic E-state index is 12.9. The third-order valence-corrected chi connectivity index (χ3v) is 7.26. The van der Waals surface area contributed by atoms with Crippen LogP contribution in [0.2, 0.25) is 0 Å². The molecular weight excluding hydrogens is 480 g/mol. The van der Waals surface area contributed by atoms with Crippen molar-refractivity contribution < 1.29 is 0 Å². The van der Waals surface area contributed by atoms with Crippen molar-refractivity contribution in [2.45, 2.75) is 26.2 Å². The molecule has 192 valence electrons. The van der Waals surface area contributed by atoms with Gasteiger partial charge < -0.3 is 9.55 Å². The summed E-state index contributed by atoms with van der Waals surface area (Å²) in [6.07, 6.45) is 3.66. The van der Waals surface area contributed by atoms with Crippen LogP contribution in [0.5, 0.6) is 0 Å². The highest BCUT2D eigenvalue weighted by atomic mass is 16.1. The van der Waals surface area contributed by atoms with Crippen LogP contribution >= 0.6 is 0 Å². The molecule has 0 atom stereocenters. The number of nitrogens with one attached hydrogen (secondary N) is 1. The Balaban J connectivity index is 1.46. The van der Waals surface area contributed by atoms with Gasteiger partial charge in [-0.25, -0.2) is 4.98 Å². The van der Waals surface area contributed by atoms with Gasteiger partial charge in [0.05, 0.1) is 22.3 Å². The summed E-state index contributed by atoms with van der Waals surface area (Å²) in [6.45, 7) is 6.40. The second-order valence-electron chi connectivity index (χ2n) is 10.9.